The lowest BCUT2D eigenvalue weighted by Crippen LogP contribution is -2.26. The van der Waals surface area contributed by atoms with Crippen LogP contribution < -0.4 is 9.62 Å². The van der Waals surface area contributed by atoms with Crippen molar-refractivity contribution in [2.45, 2.75) is 24.3 Å². The van der Waals surface area contributed by atoms with Crippen LogP contribution in [-0.2, 0) is 19.6 Å². The van der Waals surface area contributed by atoms with Crippen LogP contribution in [0.1, 0.15) is 30.5 Å². The van der Waals surface area contributed by atoms with Crippen LogP contribution in [0.25, 0.3) is 0 Å². The highest BCUT2D eigenvalue weighted by molar-refractivity contribution is 14.1. The molecule has 1 aliphatic heterocycles. The number of rotatable bonds is 5. The summed E-state index contributed by atoms with van der Waals surface area (Å²) < 4.78 is 33.5. The maximum absolute atomic E-state index is 13.2. The quantitative estimate of drug-likeness (QED) is 0.505. The second-order valence-electron chi connectivity index (χ2n) is 6.16. The summed E-state index contributed by atoms with van der Waals surface area (Å²) in [7, 11) is -2.11. The third kappa shape index (κ3) is 3.97. The molecule has 0 spiro atoms. The first-order valence-corrected chi connectivity index (χ1v) is 11.1. The van der Waals surface area contributed by atoms with E-state index in [0.717, 1.165) is 9.13 Å². The number of carbonyl (C=O) groups is 1. The molecular weight excluding hydrogens is 479 g/mol. The molecule has 2 aromatic rings. The molecule has 0 radical (unpaired) electrons. The third-order valence-electron chi connectivity index (χ3n) is 4.49. The van der Waals surface area contributed by atoms with Gasteiger partial charge in [0.2, 0.25) is 0 Å². The Hall–Kier alpha value is -1.65. The minimum atomic E-state index is -3.68. The molecule has 0 aromatic heterocycles. The standard InChI is InChI=1S/C19H21IN2O4S/c1-3-26-18(23)10-11-21-19-14-6-4-5-7-16(14)22(2)27(24,25)17-12-13(20)8-9-15(17)19/h4-9,12,19,21H,3,10-11H2,1-2H3. The van der Waals surface area contributed by atoms with Crippen LogP contribution in [0.2, 0.25) is 0 Å². The van der Waals surface area contributed by atoms with E-state index in [-0.39, 0.29) is 23.3 Å². The van der Waals surface area contributed by atoms with Crippen LogP contribution in [-0.4, -0.2) is 34.6 Å². The molecule has 1 atom stereocenters. The molecule has 0 amide bonds. The average Bonchev–Trinajstić information content (AvgIpc) is 2.71. The van der Waals surface area contributed by atoms with Gasteiger partial charge in [0.25, 0.3) is 10.0 Å². The number of nitrogens with zero attached hydrogens (tertiary/aromatic N) is 1. The van der Waals surface area contributed by atoms with Crippen molar-refractivity contribution in [3.05, 3.63) is 57.2 Å². The molecule has 0 fully saturated rings. The summed E-state index contributed by atoms with van der Waals surface area (Å²) in [5.41, 5.74) is 2.15. The highest BCUT2D eigenvalue weighted by Crippen LogP contribution is 2.40. The zero-order valence-electron chi connectivity index (χ0n) is 15.1. The van der Waals surface area contributed by atoms with Gasteiger partial charge in [0.1, 0.15) is 0 Å². The van der Waals surface area contributed by atoms with Crippen LogP contribution >= 0.6 is 22.6 Å². The normalized spacial score (nSPS) is 17.6. The molecular formula is C19H21IN2O4S. The van der Waals surface area contributed by atoms with Gasteiger partial charge in [0, 0.05) is 17.2 Å². The zero-order chi connectivity index (χ0) is 19.6. The second kappa shape index (κ2) is 8.15. The number of esters is 1. The summed E-state index contributed by atoms with van der Waals surface area (Å²) >= 11 is 2.11. The van der Waals surface area contributed by atoms with Gasteiger partial charge < -0.3 is 10.1 Å². The smallest absolute Gasteiger partial charge is 0.307 e. The van der Waals surface area contributed by atoms with Crippen molar-refractivity contribution in [1.82, 2.24) is 5.32 Å². The first kappa shape index (κ1) is 20.1. The van der Waals surface area contributed by atoms with E-state index in [4.69, 9.17) is 4.74 Å². The van der Waals surface area contributed by atoms with Crippen LogP contribution in [0, 0.1) is 3.57 Å². The topological polar surface area (TPSA) is 75.7 Å². The summed E-state index contributed by atoms with van der Waals surface area (Å²) in [6.07, 6.45) is 0.217. The highest BCUT2D eigenvalue weighted by Gasteiger charge is 2.34. The van der Waals surface area contributed by atoms with Gasteiger partial charge in [-0.25, -0.2) is 8.42 Å². The Morgan fingerprint density at radius 3 is 2.70 bits per heavy atom. The lowest BCUT2D eigenvalue weighted by atomic mass is 9.97. The van der Waals surface area contributed by atoms with Crippen molar-refractivity contribution >= 4 is 44.3 Å². The van der Waals surface area contributed by atoms with Crippen molar-refractivity contribution in [3.8, 4) is 0 Å². The Morgan fingerprint density at radius 2 is 1.96 bits per heavy atom. The predicted molar refractivity (Wildman–Crippen MR) is 112 cm³/mol. The molecule has 27 heavy (non-hydrogen) atoms. The number of ether oxygens (including phenoxy) is 1. The molecule has 0 saturated heterocycles. The fraction of sp³-hybridized carbons (Fsp3) is 0.316. The predicted octanol–water partition coefficient (Wildman–Crippen LogP) is 3.06. The number of anilines is 1. The Labute approximate surface area is 173 Å². The van der Waals surface area contributed by atoms with E-state index in [0.29, 0.717) is 24.4 Å². The number of benzene rings is 2. The van der Waals surface area contributed by atoms with Gasteiger partial charge in [-0.3, -0.25) is 9.10 Å². The summed E-state index contributed by atoms with van der Waals surface area (Å²) in [6, 6.07) is 12.5. The summed E-state index contributed by atoms with van der Waals surface area (Å²) in [5, 5.41) is 3.35. The molecule has 1 heterocycles. The maximum atomic E-state index is 13.2. The third-order valence-corrected chi connectivity index (χ3v) is 6.99. The number of hydrogen-bond donors (Lipinski definition) is 1. The monoisotopic (exact) mass is 500 g/mol. The lowest BCUT2D eigenvalue weighted by Gasteiger charge is -2.22. The van der Waals surface area contributed by atoms with E-state index < -0.39 is 10.0 Å². The number of para-hydroxylation sites is 1. The first-order valence-electron chi connectivity index (χ1n) is 8.62. The number of carbonyl (C=O) groups excluding carboxylic acids is 1. The van der Waals surface area contributed by atoms with Crippen LogP contribution in [0.15, 0.2) is 47.4 Å². The van der Waals surface area contributed by atoms with Crippen molar-refractivity contribution in [2.75, 3.05) is 24.5 Å². The SMILES string of the molecule is CCOC(=O)CCNC1c2ccccc2N(C)S(=O)(=O)c2cc(I)ccc21. The average molecular weight is 500 g/mol. The van der Waals surface area contributed by atoms with Crippen LogP contribution in [0.4, 0.5) is 5.69 Å². The minimum Gasteiger partial charge on any atom is -0.466 e. The Morgan fingerprint density at radius 1 is 1.22 bits per heavy atom. The molecule has 1 aliphatic rings. The maximum Gasteiger partial charge on any atom is 0.307 e. The summed E-state index contributed by atoms with van der Waals surface area (Å²) in [4.78, 5) is 12.0. The fourth-order valence-corrected chi connectivity index (χ4v) is 5.39. The summed E-state index contributed by atoms with van der Waals surface area (Å²) in [5.74, 6) is -0.278. The molecule has 2 aromatic carbocycles. The molecule has 1 N–H and O–H groups in total. The van der Waals surface area contributed by atoms with Crippen molar-refractivity contribution in [3.63, 3.8) is 0 Å². The van der Waals surface area contributed by atoms with Crippen LogP contribution in [0.3, 0.4) is 0 Å². The van der Waals surface area contributed by atoms with E-state index in [1.807, 2.05) is 30.3 Å². The van der Waals surface area contributed by atoms with Gasteiger partial charge >= 0.3 is 5.97 Å². The van der Waals surface area contributed by atoms with Gasteiger partial charge in [-0.1, -0.05) is 24.3 Å². The fourth-order valence-electron chi connectivity index (χ4n) is 3.20. The van der Waals surface area contributed by atoms with E-state index in [2.05, 4.69) is 27.9 Å². The molecule has 0 aliphatic carbocycles. The minimum absolute atomic E-state index is 0.217. The van der Waals surface area contributed by atoms with Gasteiger partial charge in [-0.2, -0.15) is 0 Å². The number of hydrogen-bond acceptors (Lipinski definition) is 5. The second-order valence-corrected chi connectivity index (χ2v) is 9.34. The Kier molecular flexibility index (Phi) is 6.07. The molecule has 6 nitrogen and oxygen atoms in total. The van der Waals surface area contributed by atoms with E-state index >= 15 is 0 Å². The highest BCUT2D eigenvalue weighted by atomic mass is 127. The number of fused-ring (bicyclic) bond motifs is 2. The van der Waals surface area contributed by atoms with Crippen molar-refractivity contribution < 1.29 is 17.9 Å². The van der Waals surface area contributed by atoms with Gasteiger partial charge in [0.05, 0.1) is 29.7 Å². The van der Waals surface area contributed by atoms with E-state index in [9.17, 15) is 13.2 Å². The molecule has 0 saturated carbocycles. The zero-order valence-corrected chi connectivity index (χ0v) is 18.1. The molecule has 144 valence electrons. The number of halogens is 1. The molecule has 8 heteroatoms. The van der Waals surface area contributed by atoms with Crippen molar-refractivity contribution in [2.24, 2.45) is 0 Å². The number of sulfonamides is 1. The van der Waals surface area contributed by atoms with E-state index in [1.54, 1.807) is 26.1 Å². The molecule has 3 rings (SSSR count). The molecule has 1 unspecified atom stereocenters. The Balaban J connectivity index is 2.07. The summed E-state index contributed by atoms with van der Waals surface area (Å²) in [6.45, 7) is 2.49. The van der Waals surface area contributed by atoms with E-state index in [1.165, 1.54) is 4.31 Å². The first-order chi connectivity index (χ1) is 12.9. The largest absolute Gasteiger partial charge is 0.466 e. The van der Waals surface area contributed by atoms with Gasteiger partial charge in [-0.05, 0) is 58.8 Å². The van der Waals surface area contributed by atoms with Gasteiger partial charge in [0.15, 0.2) is 0 Å². The Bertz CT molecular complexity index is 962. The van der Waals surface area contributed by atoms with Crippen LogP contribution in [0.5, 0.6) is 0 Å². The number of nitrogens with one attached hydrogen (secondary N) is 1. The van der Waals surface area contributed by atoms with Crippen molar-refractivity contribution in [1.29, 1.82) is 0 Å². The molecule has 0 bridgehead atoms. The lowest BCUT2D eigenvalue weighted by molar-refractivity contribution is -0.143. The van der Waals surface area contributed by atoms with Gasteiger partial charge in [-0.15, -0.1) is 0 Å².